The maximum Gasteiger partial charge on any atom is 0.212 e. The average Bonchev–Trinajstić information content (AvgIpc) is 2.10. The minimum absolute atomic E-state index is 0.0650. The van der Waals surface area contributed by atoms with Crippen LogP contribution in [0, 0.1) is 5.41 Å². The highest BCUT2D eigenvalue weighted by Crippen LogP contribution is 2.20. The van der Waals surface area contributed by atoms with Gasteiger partial charge in [0.25, 0.3) is 0 Å². The Morgan fingerprint density at radius 3 is 1.81 bits per heavy atom. The Morgan fingerprint density at radius 1 is 1.12 bits per heavy atom. The monoisotopic (exact) mass is 289 g/mol. The molecule has 0 aliphatic rings. The van der Waals surface area contributed by atoms with Gasteiger partial charge in [-0.25, -0.2) is 13.1 Å². The maximum atomic E-state index is 11.9. The molecule has 0 rings (SSSR count). The fourth-order valence-electron chi connectivity index (χ4n) is 1.29. The summed E-state index contributed by atoms with van der Waals surface area (Å²) in [7, 11) is -3.35. The van der Waals surface area contributed by atoms with Crippen LogP contribution in [-0.4, -0.2) is 31.5 Å². The molecule has 0 unspecified atom stereocenters. The molecule has 0 radical (unpaired) electrons. The van der Waals surface area contributed by atoms with E-state index in [0.717, 1.165) is 0 Å². The van der Waals surface area contributed by atoms with Crippen molar-refractivity contribution in [1.82, 2.24) is 4.72 Å². The predicted octanol–water partition coefficient (Wildman–Crippen LogP) is 2.58. The van der Waals surface area contributed by atoms with E-state index < -0.39 is 15.6 Å². The molecular weight excluding hydrogens is 269 g/mol. The first kappa shape index (κ1) is 16.5. The van der Waals surface area contributed by atoms with Crippen LogP contribution in [0.25, 0.3) is 0 Å². The first-order valence-electron chi connectivity index (χ1n) is 5.23. The number of hydrogen-bond donors (Lipinski definition) is 1. The summed E-state index contributed by atoms with van der Waals surface area (Å²) in [6.45, 7) is 7.49. The number of alkyl halides is 2. The molecule has 3 nitrogen and oxygen atoms in total. The molecule has 98 valence electrons. The highest BCUT2D eigenvalue weighted by atomic mass is 35.5. The third-order valence-electron chi connectivity index (χ3n) is 2.18. The van der Waals surface area contributed by atoms with Crippen molar-refractivity contribution >= 4 is 33.2 Å². The van der Waals surface area contributed by atoms with Crippen LogP contribution >= 0.6 is 23.2 Å². The zero-order chi connectivity index (χ0) is 13.0. The maximum absolute atomic E-state index is 11.9. The number of sulfonamides is 1. The summed E-state index contributed by atoms with van der Waals surface area (Å²) in [6, 6.07) is 0. The largest absolute Gasteiger partial charge is 0.212 e. The van der Waals surface area contributed by atoms with Crippen molar-refractivity contribution in [1.29, 1.82) is 0 Å². The highest BCUT2D eigenvalue weighted by molar-refractivity contribution is 7.89. The third kappa shape index (κ3) is 5.71. The van der Waals surface area contributed by atoms with Gasteiger partial charge in [0.2, 0.25) is 10.0 Å². The highest BCUT2D eigenvalue weighted by Gasteiger charge is 2.33. The van der Waals surface area contributed by atoms with Gasteiger partial charge in [-0.05, 0) is 11.8 Å². The van der Waals surface area contributed by atoms with Gasteiger partial charge in [-0.1, -0.05) is 27.7 Å². The Morgan fingerprint density at radius 2 is 1.56 bits per heavy atom. The van der Waals surface area contributed by atoms with Crippen LogP contribution in [0.5, 0.6) is 0 Å². The minimum atomic E-state index is -3.35. The molecule has 16 heavy (non-hydrogen) atoms. The van der Waals surface area contributed by atoms with Crippen molar-refractivity contribution in [2.75, 3.05) is 17.5 Å². The first-order valence-corrected chi connectivity index (χ1v) is 7.95. The van der Waals surface area contributed by atoms with E-state index >= 15 is 0 Å². The summed E-state index contributed by atoms with van der Waals surface area (Å²) >= 11 is 11.6. The zero-order valence-corrected chi connectivity index (χ0v) is 12.6. The summed E-state index contributed by atoms with van der Waals surface area (Å²) < 4.78 is 26.4. The number of hydrogen-bond acceptors (Lipinski definition) is 2. The Balaban J connectivity index is 4.81. The summed E-state index contributed by atoms with van der Waals surface area (Å²) in [6.07, 6.45) is 0.573. The van der Waals surface area contributed by atoms with Gasteiger partial charge >= 0.3 is 0 Å². The molecule has 0 aromatic heterocycles. The van der Waals surface area contributed by atoms with Crippen molar-refractivity contribution in [3.63, 3.8) is 0 Å². The lowest BCUT2D eigenvalue weighted by molar-refractivity contribution is 0.425. The van der Waals surface area contributed by atoms with E-state index in [1.54, 1.807) is 0 Å². The lowest BCUT2D eigenvalue weighted by atomic mass is 10.0. The Hall–Kier alpha value is 0.490. The van der Waals surface area contributed by atoms with Gasteiger partial charge < -0.3 is 0 Å². The molecule has 0 bridgehead atoms. The molecule has 0 aliphatic heterocycles. The minimum Gasteiger partial charge on any atom is -0.212 e. The molecule has 0 atom stereocenters. The number of rotatable bonds is 6. The summed E-state index contributed by atoms with van der Waals surface area (Å²) in [4.78, 5) is 0. The van der Waals surface area contributed by atoms with Crippen LogP contribution in [-0.2, 0) is 10.0 Å². The SMILES string of the molecule is CCC(CCl)(CCl)NS(=O)(=O)CC(C)(C)C. The van der Waals surface area contributed by atoms with Crippen molar-refractivity contribution in [2.45, 2.75) is 39.7 Å². The van der Waals surface area contributed by atoms with E-state index in [4.69, 9.17) is 23.2 Å². The fraction of sp³-hybridized carbons (Fsp3) is 1.00. The quantitative estimate of drug-likeness (QED) is 0.764. The van der Waals surface area contributed by atoms with E-state index in [9.17, 15) is 8.42 Å². The standard InChI is InChI=1S/C10H21Cl2NO2S/c1-5-10(6-11,7-12)13-16(14,15)8-9(2,3)4/h13H,5-8H2,1-4H3. The summed E-state index contributed by atoms with van der Waals surface area (Å²) in [5.41, 5.74) is -1.02. The van der Waals surface area contributed by atoms with E-state index in [-0.39, 0.29) is 22.9 Å². The van der Waals surface area contributed by atoms with E-state index in [2.05, 4.69) is 4.72 Å². The molecule has 0 spiro atoms. The van der Waals surface area contributed by atoms with Gasteiger partial charge in [0.05, 0.1) is 11.3 Å². The van der Waals surface area contributed by atoms with Crippen molar-refractivity contribution in [2.24, 2.45) is 5.41 Å². The van der Waals surface area contributed by atoms with Crippen LogP contribution in [0.4, 0.5) is 0 Å². The molecule has 0 aliphatic carbocycles. The molecule has 0 aromatic rings. The van der Waals surface area contributed by atoms with Gasteiger partial charge in [0.15, 0.2) is 0 Å². The molecule has 0 saturated carbocycles. The fourth-order valence-corrected chi connectivity index (χ4v) is 4.40. The topological polar surface area (TPSA) is 46.2 Å². The van der Waals surface area contributed by atoms with Crippen LogP contribution in [0.3, 0.4) is 0 Å². The Labute approximate surface area is 109 Å². The van der Waals surface area contributed by atoms with Crippen LogP contribution in [0.2, 0.25) is 0 Å². The van der Waals surface area contributed by atoms with Gasteiger partial charge in [0.1, 0.15) is 0 Å². The van der Waals surface area contributed by atoms with Gasteiger partial charge in [0, 0.05) is 11.8 Å². The first-order chi connectivity index (χ1) is 7.10. The molecular formula is C10H21Cl2NO2S. The molecule has 1 N–H and O–H groups in total. The Bertz CT molecular complexity index is 297. The lowest BCUT2D eigenvalue weighted by Gasteiger charge is -2.30. The Kier molecular flexibility index (Phi) is 6.07. The smallest absolute Gasteiger partial charge is 0.212 e. The molecule has 0 fully saturated rings. The van der Waals surface area contributed by atoms with Crippen molar-refractivity contribution in [3.05, 3.63) is 0 Å². The second-order valence-electron chi connectivity index (χ2n) is 5.32. The van der Waals surface area contributed by atoms with E-state index in [1.165, 1.54) is 0 Å². The normalized spacial score (nSPS) is 14.1. The molecule has 0 saturated heterocycles. The van der Waals surface area contributed by atoms with Crippen LogP contribution in [0.15, 0.2) is 0 Å². The average molecular weight is 290 g/mol. The predicted molar refractivity (Wildman–Crippen MR) is 70.8 cm³/mol. The number of halogens is 2. The van der Waals surface area contributed by atoms with Gasteiger partial charge in [-0.2, -0.15) is 0 Å². The molecule has 0 aromatic carbocycles. The zero-order valence-electron chi connectivity index (χ0n) is 10.3. The second-order valence-corrected chi connectivity index (χ2v) is 7.58. The second kappa shape index (κ2) is 5.89. The van der Waals surface area contributed by atoms with Crippen molar-refractivity contribution in [3.8, 4) is 0 Å². The molecule has 0 heterocycles. The van der Waals surface area contributed by atoms with Crippen LogP contribution in [0.1, 0.15) is 34.1 Å². The van der Waals surface area contributed by atoms with Crippen LogP contribution < -0.4 is 4.72 Å². The van der Waals surface area contributed by atoms with Gasteiger partial charge in [-0.15, -0.1) is 23.2 Å². The van der Waals surface area contributed by atoms with Gasteiger partial charge in [-0.3, -0.25) is 0 Å². The molecule has 6 heteroatoms. The number of nitrogens with one attached hydrogen (secondary N) is 1. The molecule has 0 amide bonds. The van der Waals surface area contributed by atoms with E-state index in [1.807, 2.05) is 27.7 Å². The summed E-state index contributed by atoms with van der Waals surface area (Å²) in [5.74, 6) is 0.419. The van der Waals surface area contributed by atoms with E-state index in [0.29, 0.717) is 6.42 Å². The van der Waals surface area contributed by atoms with Crippen molar-refractivity contribution < 1.29 is 8.42 Å². The lowest BCUT2D eigenvalue weighted by Crippen LogP contribution is -2.52. The summed E-state index contributed by atoms with van der Waals surface area (Å²) in [5, 5.41) is 0. The third-order valence-corrected chi connectivity index (χ3v) is 5.20.